The first-order valence-corrected chi connectivity index (χ1v) is 11.4. The molecule has 3 aliphatic rings. The third kappa shape index (κ3) is 4.05. The topological polar surface area (TPSA) is 114 Å². The van der Waals surface area contributed by atoms with Crippen molar-refractivity contribution in [3.05, 3.63) is 42.5 Å². The Kier molecular flexibility index (Phi) is 5.58. The predicted molar refractivity (Wildman–Crippen MR) is 125 cm³/mol. The SMILES string of the molecule is CC1(C)C(=O)Nc2ccccc2N1C(=O)COC(=O)[C@H]1CC(=O)N(c2ccc3c(c2)OCCO3)C1. The summed E-state index contributed by atoms with van der Waals surface area (Å²) in [4.78, 5) is 53.9. The fourth-order valence-electron chi connectivity index (χ4n) is 4.53. The summed E-state index contributed by atoms with van der Waals surface area (Å²) >= 11 is 0. The fourth-order valence-corrected chi connectivity index (χ4v) is 4.53. The summed E-state index contributed by atoms with van der Waals surface area (Å²) in [6, 6.07) is 12.1. The predicted octanol–water partition coefficient (Wildman–Crippen LogP) is 2.12. The van der Waals surface area contributed by atoms with Crippen molar-refractivity contribution >= 4 is 40.8 Å². The largest absolute Gasteiger partial charge is 0.486 e. The van der Waals surface area contributed by atoms with Gasteiger partial charge in [-0.05, 0) is 38.1 Å². The molecule has 0 bridgehead atoms. The number of rotatable bonds is 4. The summed E-state index contributed by atoms with van der Waals surface area (Å²) in [5.74, 6) is -1.29. The van der Waals surface area contributed by atoms with E-state index in [1.165, 1.54) is 9.80 Å². The Hall–Kier alpha value is -4.08. The number of ether oxygens (including phenoxy) is 3. The van der Waals surface area contributed by atoms with Gasteiger partial charge in [-0.3, -0.25) is 24.1 Å². The number of carbonyl (C=O) groups is 4. The Morgan fingerprint density at radius 2 is 1.83 bits per heavy atom. The molecule has 3 heterocycles. The van der Waals surface area contributed by atoms with Crippen molar-refractivity contribution in [2.45, 2.75) is 25.8 Å². The van der Waals surface area contributed by atoms with E-state index in [1.807, 2.05) is 0 Å². The van der Waals surface area contributed by atoms with Gasteiger partial charge >= 0.3 is 5.97 Å². The highest BCUT2D eigenvalue weighted by Gasteiger charge is 2.44. The Bertz CT molecular complexity index is 1230. The maximum Gasteiger partial charge on any atom is 0.311 e. The van der Waals surface area contributed by atoms with Crippen molar-refractivity contribution in [3.63, 3.8) is 0 Å². The van der Waals surface area contributed by atoms with Crippen LogP contribution in [0.25, 0.3) is 0 Å². The van der Waals surface area contributed by atoms with Crippen LogP contribution in [0.3, 0.4) is 0 Å². The van der Waals surface area contributed by atoms with E-state index >= 15 is 0 Å². The minimum absolute atomic E-state index is 0.0259. The molecule has 0 spiro atoms. The van der Waals surface area contributed by atoms with Crippen molar-refractivity contribution in [2.75, 3.05) is 41.5 Å². The lowest BCUT2D eigenvalue weighted by molar-refractivity contribution is -0.152. The van der Waals surface area contributed by atoms with Gasteiger partial charge in [-0.2, -0.15) is 0 Å². The highest BCUT2D eigenvalue weighted by Crippen LogP contribution is 2.38. The van der Waals surface area contributed by atoms with Crippen LogP contribution < -0.4 is 24.6 Å². The number of fused-ring (bicyclic) bond motifs is 2. The van der Waals surface area contributed by atoms with Crippen LogP contribution in [-0.2, 0) is 23.9 Å². The van der Waals surface area contributed by atoms with Crippen LogP contribution in [-0.4, -0.2) is 55.6 Å². The van der Waals surface area contributed by atoms with Crippen LogP contribution in [0.5, 0.6) is 11.5 Å². The number of hydrogen-bond acceptors (Lipinski definition) is 7. The molecule has 2 aromatic carbocycles. The molecular weight excluding hydrogens is 454 g/mol. The van der Waals surface area contributed by atoms with E-state index in [0.29, 0.717) is 41.8 Å². The molecule has 3 amide bonds. The van der Waals surface area contributed by atoms with E-state index in [2.05, 4.69) is 5.32 Å². The highest BCUT2D eigenvalue weighted by molar-refractivity contribution is 6.14. The van der Waals surface area contributed by atoms with Gasteiger partial charge in [0.25, 0.3) is 5.91 Å². The summed E-state index contributed by atoms with van der Waals surface area (Å²) in [5, 5.41) is 2.79. The first-order chi connectivity index (χ1) is 16.8. The van der Waals surface area contributed by atoms with Gasteiger partial charge in [0, 0.05) is 24.7 Å². The van der Waals surface area contributed by atoms with Gasteiger partial charge in [0.15, 0.2) is 18.1 Å². The standard InChI is InChI=1S/C25H25N3O7/c1-25(2)24(32)26-17-5-3-4-6-18(17)28(25)22(30)14-35-23(31)15-11-21(29)27(13-15)16-7-8-19-20(12-16)34-10-9-33-19/h3-8,12,15H,9-11,13-14H2,1-2H3,(H,26,32)/t15-/m0/s1. The zero-order chi connectivity index (χ0) is 24.7. The molecule has 2 aromatic rings. The number of carbonyl (C=O) groups excluding carboxylic acids is 4. The van der Waals surface area contributed by atoms with Gasteiger partial charge in [0.05, 0.1) is 17.3 Å². The molecule has 0 aromatic heterocycles. The van der Waals surface area contributed by atoms with E-state index in [9.17, 15) is 19.2 Å². The maximum atomic E-state index is 13.1. The second-order valence-corrected chi connectivity index (χ2v) is 9.10. The molecule has 5 rings (SSSR count). The van der Waals surface area contributed by atoms with E-state index in [-0.39, 0.29) is 24.8 Å². The smallest absolute Gasteiger partial charge is 0.311 e. The third-order valence-electron chi connectivity index (χ3n) is 6.39. The van der Waals surface area contributed by atoms with E-state index in [1.54, 1.807) is 56.3 Å². The van der Waals surface area contributed by atoms with Gasteiger partial charge in [-0.25, -0.2) is 0 Å². The molecule has 182 valence electrons. The average Bonchev–Trinajstić information content (AvgIpc) is 3.24. The lowest BCUT2D eigenvalue weighted by atomic mass is 9.96. The first-order valence-electron chi connectivity index (χ1n) is 11.4. The van der Waals surface area contributed by atoms with E-state index < -0.39 is 29.9 Å². The van der Waals surface area contributed by atoms with Crippen LogP contribution in [0, 0.1) is 5.92 Å². The number of esters is 1. The number of nitrogens with one attached hydrogen (secondary N) is 1. The average molecular weight is 479 g/mol. The summed E-state index contributed by atoms with van der Waals surface area (Å²) in [5.41, 5.74) is 0.464. The van der Waals surface area contributed by atoms with Crippen LogP contribution in [0.15, 0.2) is 42.5 Å². The summed E-state index contributed by atoms with van der Waals surface area (Å²) in [6.07, 6.45) is -0.0259. The summed E-state index contributed by atoms with van der Waals surface area (Å²) in [7, 11) is 0. The molecule has 10 nitrogen and oxygen atoms in total. The molecule has 3 aliphatic heterocycles. The summed E-state index contributed by atoms with van der Waals surface area (Å²) < 4.78 is 16.4. The number of hydrogen-bond donors (Lipinski definition) is 1. The molecular formula is C25H25N3O7. The monoisotopic (exact) mass is 479 g/mol. The molecule has 0 unspecified atom stereocenters. The number of anilines is 3. The Morgan fingerprint density at radius 1 is 1.09 bits per heavy atom. The van der Waals surface area contributed by atoms with E-state index in [4.69, 9.17) is 14.2 Å². The number of para-hydroxylation sites is 2. The fraction of sp³-hybridized carbons (Fsp3) is 0.360. The molecule has 0 radical (unpaired) electrons. The second kappa shape index (κ2) is 8.61. The van der Waals surface area contributed by atoms with Gasteiger partial charge in [0.1, 0.15) is 18.8 Å². The van der Waals surface area contributed by atoms with E-state index in [0.717, 1.165) is 0 Å². The zero-order valence-electron chi connectivity index (χ0n) is 19.4. The number of nitrogens with zero attached hydrogens (tertiary/aromatic N) is 2. The quantitative estimate of drug-likeness (QED) is 0.668. The Balaban J connectivity index is 1.25. The second-order valence-electron chi connectivity index (χ2n) is 9.10. The van der Waals surface area contributed by atoms with Gasteiger partial charge in [-0.15, -0.1) is 0 Å². The lowest BCUT2D eigenvalue weighted by Gasteiger charge is -2.41. The van der Waals surface area contributed by atoms with Gasteiger partial charge < -0.3 is 24.4 Å². The van der Waals surface area contributed by atoms with Crippen LogP contribution in [0.2, 0.25) is 0 Å². The van der Waals surface area contributed by atoms with Crippen LogP contribution in [0.1, 0.15) is 20.3 Å². The molecule has 1 fully saturated rings. The molecule has 1 atom stereocenters. The van der Waals surface area contributed by atoms with Gasteiger partial charge in [0.2, 0.25) is 11.8 Å². The van der Waals surface area contributed by atoms with Crippen molar-refractivity contribution in [2.24, 2.45) is 5.92 Å². The van der Waals surface area contributed by atoms with Crippen molar-refractivity contribution in [1.29, 1.82) is 0 Å². The van der Waals surface area contributed by atoms with Crippen molar-refractivity contribution in [1.82, 2.24) is 0 Å². The maximum absolute atomic E-state index is 13.1. The summed E-state index contributed by atoms with van der Waals surface area (Å²) in [6.45, 7) is 3.72. The van der Waals surface area contributed by atoms with Crippen LogP contribution >= 0.6 is 0 Å². The lowest BCUT2D eigenvalue weighted by Crippen LogP contribution is -2.59. The number of amides is 3. The number of benzene rings is 2. The molecule has 0 saturated carbocycles. The minimum atomic E-state index is -1.17. The first kappa shape index (κ1) is 22.7. The molecule has 1 N–H and O–H groups in total. The van der Waals surface area contributed by atoms with Crippen molar-refractivity contribution < 1.29 is 33.4 Å². The molecule has 1 saturated heterocycles. The Morgan fingerprint density at radius 3 is 2.63 bits per heavy atom. The van der Waals surface area contributed by atoms with Gasteiger partial charge in [-0.1, -0.05) is 12.1 Å². The van der Waals surface area contributed by atoms with Crippen molar-refractivity contribution in [3.8, 4) is 11.5 Å². The Labute approximate surface area is 201 Å². The highest BCUT2D eigenvalue weighted by atomic mass is 16.6. The van der Waals surface area contributed by atoms with Crippen LogP contribution in [0.4, 0.5) is 17.1 Å². The zero-order valence-corrected chi connectivity index (χ0v) is 19.4. The molecule has 35 heavy (non-hydrogen) atoms. The third-order valence-corrected chi connectivity index (χ3v) is 6.39. The minimum Gasteiger partial charge on any atom is -0.486 e. The molecule has 0 aliphatic carbocycles. The normalized spacial score (nSPS) is 20.2. The molecule has 10 heteroatoms.